The molecule has 4 rings (SSSR count). The van der Waals surface area contributed by atoms with Gasteiger partial charge in [0.1, 0.15) is 0 Å². The number of nitrogens with zero attached hydrogens (tertiary/aromatic N) is 3. The molecule has 26 heavy (non-hydrogen) atoms. The number of carbonyl (C=O) groups excluding carboxylic acids is 1. The molecule has 0 aromatic carbocycles. The Morgan fingerprint density at radius 3 is 2.73 bits per heavy atom. The maximum absolute atomic E-state index is 12.8. The number of nitrogens with one attached hydrogen (secondary N) is 1. The topological polar surface area (TPSA) is 94.0 Å². The summed E-state index contributed by atoms with van der Waals surface area (Å²) in [5.74, 6) is 0.0513. The minimum Gasteiger partial charge on any atom is -0.298 e. The highest BCUT2D eigenvalue weighted by atomic mass is 32.2. The molecule has 1 atom stereocenters. The number of fused-ring (bicyclic) bond motifs is 1. The monoisotopic (exact) mass is 394 g/mol. The van der Waals surface area contributed by atoms with Gasteiger partial charge in [-0.05, 0) is 46.0 Å². The quantitative estimate of drug-likeness (QED) is 0.863. The number of amides is 1. The molecule has 140 valence electrons. The van der Waals surface area contributed by atoms with Crippen LogP contribution in [0.25, 0.3) is 0 Å². The number of aromatic nitrogens is 3. The van der Waals surface area contributed by atoms with Crippen molar-refractivity contribution in [3.05, 3.63) is 27.5 Å². The summed E-state index contributed by atoms with van der Waals surface area (Å²) in [5.41, 5.74) is 2.95. The molecular formula is C17H22N4O3S2. The molecule has 2 aromatic heterocycles. The third kappa shape index (κ3) is 3.18. The third-order valence-electron chi connectivity index (χ3n) is 5.17. The van der Waals surface area contributed by atoms with Gasteiger partial charge in [-0.1, -0.05) is 0 Å². The zero-order valence-electron chi connectivity index (χ0n) is 14.9. The molecule has 0 bridgehead atoms. The van der Waals surface area contributed by atoms with E-state index in [0.717, 1.165) is 25.0 Å². The van der Waals surface area contributed by atoms with E-state index < -0.39 is 9.84 Å². The van der Waals surface area contributed by atoms with Gasteiger partial charge in [-0.15, -0.1) is 11.3 Å². The van der Waals surface area contributed by atoms with Crippen molar-refractivity contribution >= 4 is 32.2 Å². The molecule has 1 saturated heterocycles. The summed E-state index contributed by atoms with van der Waals surface area (Å²) < 4.78 is 25.2. The molecule has 0 saturated carbocycles. The maximum atomic E-state index is 12.8. The Morgan fingerprint density at radius 2 is 2.04 bits per heavy atom. The van der Waals surface area contributed by atoms with Crippen LogP contribution in [-0.2, 0) is 22.7 Å². The normalized spacial score (nSPS) is 21.5. The predicted molar refractivity (Wildman–Crippen MR) is 101 cm³/mol. The lowest BCUT2D eigenvalue weighted by Gasteiger charge is -2.11. The molecule has 1 aliphatic heterocycles. The molecule has 0 radical (unpaired) electrons. The van der Waals surface area contributed by atoms with Crippen LogP contribution in [0.5, 0.6) is 0 Å². The fraction of sp³-hybridized carbons (Fsp3) is 0.588. The van der Waals surface area contributed by atoms with Crippen molar-refractivity contribution in [2.45, 2.75) is 52.0 Å². The molecule has 1 amide bonds. The summed E-state index contributed by atoms with van der Waals surface area (Å²) in [6.07, 6.45) is 4.89. The molecule has 1 N–H and O–H groups in total. The highest BCUT2D eigenvalue weighted by molar-refractivity contribution is 7.91. The zero-order valence-corrected chi connectivity index (χ0v) is 16.5. The standard InChI is InChI=1S/C17H22N4O3S2/c1-10-15(11(2)21(20-10)12-7-8-26(23,24)9-12)16(22)19-17-18-13-5-3-4-6-14(13)25-17/h12H,3-9H2,1-2H3,(H,18,19,22)/t12-/m1/s1. The highest BCUT2D eigenvalue weighted by Crippen LogP contribution is 2.31. The van der Waals surface area contributed by atoms with Crippen LogP contribution < -0.4 is 5.32 Å². The van der Waals surface area contributed by atoms with Gasteiger partial charge in [0.2, 0.25) is 0 Å². The number of carbonyl (C=O) groups is 1. The number of aryl methyl sites for hydroxylation is 3. The smallest absolute Gasteiger partial charge is 0.261 e. The predicted octanol–water partition coefficient (Wildman–Crippen LogP) is 2.45. The van der Waals surface area contributed by atoms with E-state index in [1.807, 2.05) is 6.92 Å². The summed E-state index contributed by atoms with van der Waals surface area (Å²) in [4.78, 5) is 18.6. The lowest BCUT2D eigenvalue weighted by molar-refractivity contribution is 0.102. The summed E-state index contributed by atoms with van der Waals surface area (Å²) >= 11 is 1.55. The van der Waals surface area contributed by atoms with Gasteiger partial charge >= 0.3 is 0 Å². The van der Waals surface area contributed by atoms with Crippen molar-refractivity contribution in [3.8, 4) is 0 Å². The van der Waals surface area contributed by atoms with E-state index in [1.165, 1.54) is 11.3 Å². The van der Waals surface area contributed by atoms with Gasteiger partial charge in [0.05, 0.1) is 34.5 Å². The van der Waals surface area contributed by atoms with Crippen molar-refractivity contribution < 1.29 is 13.2 Å². The summed E-state index contributed by atoms with van der Waals surface area (Å²) in [6, 6.07) is -0.188. The van der Waals surface area contributed by atoms with Gasteiger partial charge in [-0.2, -0.15) is 5.10 Å². The van der Waals surface area contributed by atoms with Gasteiger partial charge in [0.25, 0.3) is 5.91 Å². The van der Waals surface area contributed by atoms with Crippen molar-refractivity contribution in [1.29, 1.82) is 0 Å². The van der Waals surface area contributed by atoms with E-state index in [4.69, 9.17) is 0 Å². The van der Waals surface area contributed by atoms with Crippen LogP contribution >= 0.6 is 11.3 Å². The fourth-order valence-electron chi connectivity index (χ4n) is 3.88. The molecular weight excluding hydrogens is 372 g/mol. The minimum atomic E-state index is -3.00. The van der Waals surface area contributed by atoms with E-state index in [9.17, 15) is 13.2 Å². The van der Waals surface area contributed by atoms with Crippen LogP contribution in [0.1, 0.15) is 57.6 Å². The Balaban J connectivity index is 1.57. The number of rotatable bonds is 3. The first-order valence-electron chi connectivity index (χ1n) is 8.90. The molecule has 3 heterocycles. The number of thiazole rings is 1. The van der Waals surface area contributed by atoms with Crippen LogP contribution in [0.4, 0.5) is 5.13 Å². The van der Waals surface area contributed by atoms with Crippen LogP contribution in [0.3, 0.4) is 0 Å². The second kappa shape index (κ2) is 6.45. The second-order valence-electron chi connectivity index (χ2n) is 7.10. The van der Waals surface area contributed by atoms with E-state index in [0.29, 0.717) is 28.5 Å². The lowest BCUT2D eigenvalue weighted by Crippen LogP contribution is -2.16. The molecule has 9 heteroatoms. The molecule has 1 fully saturated rings. The first-order chi connectivity index (χ1) is 12.3. The first kappa shape index (κ1) is 17.7. The van der Waals surface area contributed by atoms with E-state index in [2.05, 4.69) is 15.4 Å². The summed E-state index contributed by atoms with van der Waals surface area (Å²) in [5, 5.41) is 8.01. The van der Waals surface area contributed by atoms with Gasteiger partial charge in [0.15, 0.2) is 15.0 Å². The average molecular weight is 395 g/mol. The fourth-order valence-corrected chi connectivity index (χ4v) is 6.62. The van der Waals surface area contributed by atoms with Crippen LogP contribution in [0.15, 0.2) is 0 Å². The van der Waals surface area contributed by atoms with Gasteiger partial charge < -0.3 is 0 Å². The number of anilines is 1. The Labute approximate surface area is 156 Å². The molecule has 1 aliphatic carbocycles. The number of hydrogen-bond acceptors (Lipinski definition) is 6. The largest absolute Gasteiger partial charge is 0.298 e. The Hall–Kier alpha value is -1.74. The third-order valence-corrected chi connectivity index (χ3v) is 8.00. The van der Waals surface area contributed by atoms with Gasteiger partial charge in [-0.25, -0.2) is 13.4 Å². The Morgan fingerprint density at radius 1 is 1.27 bits per heavy atom. The van der Waals surface area contributed by atoms with E-state index >= 15 is 0 Å². The van der Waals surface area contributed by atoms with Crippen molar-refractivity contribution in [2.24, 2.45) is 0 Å². The number of sulfone groups is 1. The van der Waals surface area contributed by atoms with E-state index in [-0.39, 0.29) is 23.5 Å². The van der Waals surface area contributed by atoms with Gasteiger partial charge in [0, 0.05) is 10.6 Å². The second-order valence-corrected chi connectivity index (χ2v) is 10.4. The molecule has 2 aromatic rings. The SMILES string of the molecule is Cc1nn([C@@H]2CCS(=O)(=O)C2)c(C)c1C(=O)Nc1nc2c(s1)CCCC2. The van der Waals surface area contributed by atoms with Crippen molar-refractivity contribution in [1.82, 2.24) is 14.8 Å². The van der Waals surface area contributed by atoms with Crippen molar-refractivity contribution in [3.63, 3.8) is 0 Å². The summed E-state index contributed by atoms with van der Waals surface area (Å²) in [6.45, 7) is 3.61. The Bertz CT molecular complexity index is 951. The molecule has 7 nitrogen and oxygen atoms in total. The Kier molecular flexibility index (Phi) is 4.38. The van der Waals surface area contributed by atoms with Gasteiger partial charge in [-0.3, -0.25) is 14.8 Å². The van der Waals surface area contributed by atoms with E-state index in [1.54, 1.807) is 22.9 Å². The lowest BCUT2D eigenvalue weighted by atomic mass is 10.0. The van der Waals surface area contributed by atoms with Crippen LogP contribution in [0, 0.1) is 13.8 Å². The van der Waals surface area contributed by atoms with Crippen LogP contribution in [0.2, 0.25) is 0 Å². The molecule has 0 spiro atoms. The zero-order chi connectivity index (χ0) is 18.5. The molecule has 2 aliphatic rings. The van der Waals surface area contributed by atoms with Crippen LogP contribution in [-0.4, -0.2) is 40.6 Å². The molecule has 0 unspecified atom stereocenters. The number of hydrogen-bond donors (Lipinski definition) is 1. The highest BCUT2D eigenvalue weighted by Gasteiger charge is 2.32. The minimum absolute atomic E-state index is 0.0925. The summed E-state index contributed by atoms with van der Waals surface area (Å²) in [7, 11) is -3.00. The average Bonchev–Trinajstić information content (AvgIpc) is 3.22. The first-order valence-corrected chi connectivity index (χ1v) is 11.5. The van der Waals surface area contributed by atoms with Crippen molar-refractivity contribution in [2.75, 3.05) is 16.8 Å². The maximum Gasteiger partial charge on any atom is 0.261 e.